The van der Waals surface area contributed by atoms with Crippen molar-refractivity contribution in [2.24, 2.45) is 5.92 Å². The van der Waals surface area contributed by atoms with Crippen molar-refractivity contribution in [1.29, 1.82) is 0 Å². The number of anilines is 1. The van der Waals surface area contributed by atoms with E-state index in [1.807, 2.05) is 0 Å². The van der Waals surface area contributed by atoms with E-state index in [1.54, 1.807) is 53.4 Å². The Morgan fingerprint density at radius 1 is 1.12 bits per heavy atom. The molecule has 0 bridgehead atoms. The van der Waals surface area contributed by atoms with Gasteiger partial charge in [0.15, 0.2) is 5.65 Å². The first-order valence-electron chi connectivity index (χ1n) is 10.8. The lowest BCUT2D eigenvalue weighted by Gasteiger charge is -2.34. The highest BCUT2D eigenvalue weighted by atomic mass is 35.5. The van der Waals surface area contributed by atoms with E-state index < -0.39 is 5.18 Å². The molecule has 2 amide bonds. The molecule has 9 heteroatoms. The molecule has 2 aromatic heterocycles. The summed E-state index contributed by atoms with van der Waals surface area (Å²) in [4.78, 5) is 38.0. The molecular formula is C24H22Cl2N4O3. The van der Waals surface area contributed by atoms with Crippen molar-refractivity contribution < 1.29 is 14.3 Å². The molecule has 0 radical (unpaired) electrons. The summed E-state index contributed by atoms with van der Waals surface area (Å²) in [5, 5.41) is -0.660. The minimum Gasteiger partial charge on any atom is -0.341 e. The molecule has 3 aromatic rings. The summed E-state index contributed by atoms with van der Waals surface area (Å²) in [7, 11) is 0. The van der Waals surface area contributed by atoms with E-state index in [1.165, 1.54) is 4.90 Å². The Hall–Kier alpha value is -2.74. The first kappa shape index (κ1) is 22.1. The Morgan fingerprint density at radius 3 is 2.64 bits per heavy atom. The molecule has 1 unspecified atom stereocenters. The number of pyridine rings is 2. The molecule has 4 heterocycles. The molecule has 0 aliphatic carbocycles. The third-order valence-electron chi connectivity index (χ3n) is 6.24. The SMILES string of the molecule is CC1CCN(C(=O)COC2(Cl)c3ccccc3C(=O)N2c2ccc3ccc(Cl)nc3n2)CC1. The van der Waals surface area contributed by atoms with Crippen molar-refractivity contribution in [1.82, 2.24) is 14.9 Å². The van der Waals surface area contributed by atoms with Crippen LogP contribution < -0.4 is 4.90 Å². The average Bonchev–Trinajstić information content (AvgIpc) is 3.04. The van der Waals surface area contributed by atoms with Gasteiger partial charge in [0, 0.05) is 29.6 Å². The second-order valence-electron chi connectivity index (χ2n) is 8.45. The van der Waals surface area contributed by atoms with E-state index in [0.29, 0.717) is 35.8 Å². The first-order valence-corrected chi connectivity index (χ1v) is 11.6. The number of piperidine rings is 1. The number of ether oxygens (including phenoxy) is 1. The molecule has 0 saturated carbocycles. The summed E-state index contributed by atoms with van der Waals surface area (Å²) in [6.45, 7) is 3.31. The van der Waals surface area contributed by atoms with Crippen LogP contribution in [0.25, 0.3) is 11.0 Å². The van der Waals surface area contributed by atoms with Crippen LogP contribution in [0.15, 0.2) is 48.5 Å². The molecule has 0 N–H and O–H groups in total. The molecule has 33 heavy (non-hydrogen) atoms. The van der Waals surface area contributed by atoms with E-state index in [0.717, 1.165) is 18.2 Å². The Balaban J connectivity index is 1.48. The zero-order valence-corrected chi connectivity index (χ0v) is 19.5. The highest BCUT2D eigenvalue weighted by Gasteiger charge is 2.52. The number of hydrogen-bond donors (Lipinski definition) is 0. The summed E-state index contributed by atoms with van der Waals surface area (Å²) in [5.74, 6) is 0.338. The van der Waals surface area contributed by atoms with Gasteiger partial charge in [0.1, 0.15) is 17.6 Å². The molecule has 0 spiro atoms. The van der Waals surface area contributed by atoms with Gasteiger partial charge in [-0.15, -0.1) is 0 Å². The number of aromatic nitrogens is 2. The van der Waals surface area contributed by atoms with Gasteiger partial charge in [-0.2, -0.15) is 0 Å². The van der Waals surface area contributed by atoms with Crippen LogP contribution in [0.3, 0.4) is 0 Å². The van der Waals surface area contributed by atoms with Crippen LogP contribution in [-0.2, 0) is 14.7 Å². The van der Waals surface area contributed by atoms with Crippen molar-refractivity contribution in [2.45, 2.75) is 24.9 Å². The normalized spacial score (nSPS) is 21.0. The monoisotopic (exact) mass is 484 g/mol. The molecule has 1 fully saturated rings. The largest absolute Gasteiger partial charge is 0.341 e. The van der Waals surface area contributed by atoms with Gasteiger partial charge >= 0.3 is 0 Å². The predicted octanol–water partition coefficient (Wildman–Crippen LogP) is 4.57. The van der Waals surface area contributed by atoms with Gasteiger partial charge < -0.3 is 9.64 Å². The molecule has 7 nitrogen and oxygen atoms in total. The summed E-state index contributed by atoms with van der Waals surface area (Å²) in [6, 6.07) is 13.9. The molecule has 1 aromatic carbocycles. The number of amides is 2. The van der Waals surface area contributed by atoms with E-state index in [2.05, 4.69) is 16.9 Å². The minimum absolute atomic E-state index is 0.154. The number of rotatable bonds is 4. The van der Waals surface area contributed by atoms with Crippen LogP contribution in [0.4, 0.5) is 5.82 Å². The summed E-state index contributed by atoms with van der Waals surface area (Å²) in [6.07, 6.45) is 1.92. The topological polar surface area (TPSA) is 75.6 Å². The van der Waals surface area contributed by atoms with E-state index in [4.69, 9.17) is 27.9 Å². The quantitative estimate of drug-likeness (QED) is 0.308. The summed E-state index contributed by atoms with van der Waals surface area (Å²) in [5.41, 5.74) is 1.24. The fraction of sp³-hybridized carbons (Fsp3) is 0.333. The lowest BCUT2D eigenvalue weighted by atomic mass is 9.99. The number of nitrogens with zero attached hydrogens (tertiary/aromatic N) is 4. The predicted molar refractivity (Wildman–Crippen MR) is 126 cm³/mol. The van der Waals surface area contributed by atoms with Crippen molar-refractivity contribution >= 4 is 51.9 Å². The molecule has 5 rings (SSSR count). The van der Waals surface area contributed by atoms with Gasteiger partial charge in [-0.3, -0.25) is 9.59 Å². The standard InChI is InChI=1S/C24H22Cl2N4O3/c1-15-10-12-29(13-11-15)21(31)14-33-24(26)18-5-3-2-4-17(18)23(32)30(24)20-9-7-16-6-8-19(25)27-22(16)28-20/h2-9,15H,10-14H2,1H3. The van der Waals surface area contributed by atoms with E-state index in [9.17, 15) is 9.59 Å². The van der Waals surface area contributed by atoms with Crippen LogP contribution in [0.5, 0.6) is 0 Å². The van der Waals surface area contributed by atoms with Crippen molar-refractivity contribution in [2.75, 3.05) is 24.6 Å². The number of carbonyl (C=O) groups excluding carboxylic acids is 2. The number of benzene rings is 1. The van der Waals surface area contributed by atoms with Crippen LogP contribution >= 0.6 is 23.2 Å². The van der Waals surface area contributed by atoms with Crippen LogP contribution in [-0.4, -0.2) is 46.4 Å². The maximum atomic E-state index is 13.4. The Kier molecular flexibility index (Phi) is 5.72. The summed E-state index contributed by atoms with van der Waals surface area (Å²) < 4.78 is 6.02. The number of likely N-dealkylation sites (tertiary alicyclic amines) is 1. The number of halogens is 2. The van der Waals surface area contributed by atoms with Crippen LogP contribution in [0.2, 0.25) is 5.15 Å². The van der Waals surface area contributed by atoms with Crippen molar-refractivity contribution in [3.8, 4) is 0 Å². The zero-order valence-electron chi connectivity index (χ0n) is 18.0. The molecule has 1 saturated heterocycles. The van der Waals surface area contributed by atoms with Gasteiger partial charge in [0.05, 0.1) is 0 Å². The summed E-state index contributed by atoms with van der Waals surface area (Å²) >= 11 is 13.0. The number of carbonyl (C=O) groups is 2. The highest BCUT2D eigenvalue weighted by Crippen LogP contribution is 2.45. The Bertz CT molecular complexity index is 1250. The smallest absolute Gasteiger partial charge is 0.263 e. The maximum Gasteiger partial charge on any atom is 0.263 e. The van der Waals surface area contributed by atoms with Crippen LogP contribution in [0.1, 0.15) is 35.7 Å². The maximum absolute atomic E-state index is 13.4. The van der Waals surface area contributed by atoms with Crippen molar-refractivity contribution in [3.63, 3.8) is 0 Å². The lowest BCUT2D eigenvalue weighted by molar-refractivity contribution is -0.141. The van der Waals surface area contributed by atoms with E-state index >= 15 is 0 Å². The average molecular weight is 485 g/mol. The van der Waals surface area contributed by atoms with Crippen LogP contribution in [0, 0.1) is 5.92 Å². The molecular weight excluding hydrogens is 463 g/mol. The zero-order chi connectivity index (χ0) is 23.2. The number of alkyl halides is 1. The minimum atomic E-state index is -1.72. The fourth-order valence-electron chi connectivity index (χ4n) is 4.30. The molecule has 2 aliphatic heterocycles. The highest BCUT2D eigenvalue weighted by molar-refractivity contribution is 6.31. The Labute approximate surface area is 201 Å². The third-order valence-corrected chi connectivity index (χ3v) is 6.93. The molecule has 2 aliphatic rings. The molecule has 1 atom stereocenters. The molecule has 170 valence electrons. The second kappa shape index (κ2) is 8.56. The van der Waals surface area contributed by atoms with Gasteiger partial charge in [0.25, 0.3) is 11.1 Å². The number of hydrogen-bond acceptors (Lipinski definition) is 5. The first-order chi connectivity index (χ1) is 15.9. The second-order valence-corrected chi connectivity index (χ2v) is 9.35. The third kappa shape index (κ3) is 3.94. The van der Waals surface area contributed by atoms with E-state index in [-0.39, 0.29) is 29.4 Å². The van der Waals surface area contributed by atoms with Gasteiger partial charge in [-0.05, 0) is 49.1 Å². The fourth-order valence-corrected chi connectivity index (χ4v) is 4.83. The number of fused-ring (bicyclic) bond motifs is 2. The van der Waals surface area contributed by atoms with Gasteiger partial charge in [-0.1, -0.05) is 48.3 Å². The van der Waals surface area contributed by atoms with Gasteiger partial charge in [-0.25, -0.2) is 14.9 Å². The lowest BCUT2D eigenvalue weighted by Crippen LogP contribution is -2.46. The van der Waals surface area contributed by atoms with Gasteiger partial charge in [0.2, 0.25) is 5.91 Å². The van der Waals surface area contributed by atoms with Crippen molar-refractivity contribution in [3.05, 3.63) is 64.8 Å². The Morgan fingerprint density at radius 2 is 1.85 bits per heavy atom.